The number of carbonyl (C=O) groups is 1. The second kappa shape index (κ2) is 15.9. The van der Waals surface area contributed by atoms with E-state index in [1.54, 1.807) is 14.2 Å². The van der Waals surface area contributed by atoms with Crippen LogP contribution in [-0.4, -0.2) is 69.8 Å². The number of benzene rings is 1. The van der Waals surface area contributed by atoms with Gasteiger partial charge in [0.2, 0.25) is 5.91 Å². The zero-order chi connectivity index (χ0) is 29.2. The van der Waals surface area contributed by atoms with Crippen LogP contribution in [0.3, 0.4) is 0 Å². The molecule has 0 bridgehead atoms. The van der Waals surface area contributed by atoms with Crippen molar-refractivity contribution in [1.29, 1.82) is 0 Å². The largest absolute Gasteiger partial charge is 0.493 e. The summed E-state index contributed by atoms with van der Waals surface area (Å²) in [6, 6.07) is 5.65. The van der Waals surface area contributed by atoms with E-state index in [0.29, 0.717) is 62.2 Å². The van der Waals surface area contributed by atoms with Crippen molar-refractivity contribution in [3.05, 3.63) is 23.8 Å². The van der Waals surface area contributed by atoms with Crippen LogP contribution in [0.5, 0.6) is 11.5 Å². The molecule has 0 aromatic heterocycles. The van der Waals surface area contributed by atoms with Gasteiger partial charge < -0.3 is 35.1 Å². The molecule has 7 atom stereocenters. The third-order valence-electron chi connectivity index (χ3n) is 8.88. The van der Waals surface area contributed by atoms with E-state index < -0.39 is 12.1 Å². The number of methoxy groups -OCH3 is 2. The lowest BCUT2D eigenvalue weighted by Crippen LogP contribution is -2.43. The monoisotopic (exact) mass is 562 g/mol. The van der Waals surface area contributed by atoms with Crippen LogP contribution in [0.1, 0.15) is 65.4 Å². The van der Waals surface area contributed by atoms with Crippen molar-refractivity contribution in [2.75, 3.05) is 40.6 Å². The molecule has 1 aliphatic heterocycles. The fourth-order valence-corrected chi connectivity index (χ4v) is 6.05. The summed E-state index contributed by atoms with van der Waals surface area (Å²) in [5.41, 5.74) is 7.73. The molecule has 40 heavy (non-hydrogen) atoms. The average molecular weight is 563 g/mol. The Hall–Kier alpha value is -1.87. The molecule has 4 N–H and O–H groups in total. The fourth-order valence-electron chi connectivity index (χ4n) is 6.05. The Balaban J connectivity index is 1.54. The Labute approximate surface area is 241 Å². The highest BCUT2D eigenvalue weighted by atomic mass is 16.5. The standard InChI is InChI=1S/C32H54N2O6/c1-20(2)23(15-22-10-11-29(38-6)30(16-22)39-14-8-12-37-5)17-27(33)28(35)18-25(21(3)4)32(36)34-19-26-24-9-7-13-40-31(24)26/h10-11,16,20-21,23-28,31,35H,7-9,12-15,17-19,33H2,1-6H3,(H,34,36)/t23?,24?,25?,26?,27-,28?,31?/m0/s1. The summed E-state index contributed by atoms with van der Waals surface area (Å²) in [5.74, 6) is 2.97. The summed E-state index contributed by atoms with van der Waals surface area (Å²) >= 11 is 0. The van der Waals surface area contributed by atoms with E-state index in [-0.39, 0.29) is 23.7 Å². The van der Waals surface area contributed by atoms with Crippen molar-refractivity contribution in [1.82, 2.24) is 5.32 Å². The molecule has 1 aliphatic carbocycles. The van der Waals surface area contributed by atoms with Crippen LogP contribution < -0.4 is 20.5 Å². The van der Waals surface area contributed by atoms with Gasteiger partial charge in [0.15, 0.2) is 11.5 Å². The number of carbonyl (C=O) groups excluding carboxylic acids is 1. The maximum Gasteiger partial charge on any atom is 0.223 e. The van der Waals surface area contributed by atoms with E-state index in [9.17, 15) is 9.90 Å². The number of nitrogens with one attached hydrogen (secondary N) is 1. The van der Waals surface area contributed by atoms with Crippen LogP contribution in [0.15, 0.2) is 18.2 Å². The van der Waals surface area contributed by atoms with Crippen molar-refractivity contribution in [3.63, 3.8) is 0 Å². The molecular weight excluding hydrogens is 508 g/mol. The van der Waals surface area contributed by atoms with E-state index in [1.165, 1.54) is 6.42 Å². The van der Waals surface area contributed by atoms with Crippen molar-refractivity contribution < 1.29 is 28.8 Å². The first-order valence-corrected chi connectivity index (χ1v) is 15.3. The quantitative estimate of drug-likeness (QED) is 0.230. The molecule has 0 spiro atoms. The number of hydrogen-bond donors (Lipinski definition) is 3. The molecule has 8 nitrogen and oxygen atoms in total. The average Bonchev–Trinajstić information content (AvgIpc) is 3.65. The van der Waals surface area contributed by atoms with Gasteiger partial charge in [0.05, 0.1) is 25.9 Å². The van der Waals surface area contributed by atoms with Gasteiger partial charge in [0.25, 0.3) is 0 Å². The number of ether oxygens (including phenoxy) is 4. The maximum absolute atomic E-state index is 13.1. The SMILES string of the molecule is COCCCOc1cc(CC(C[C@H](N)C(O)CC(C(=O)NCC2C3CCCOC32)C(C)C)C(C)C)ccc1OC. The number of nitrogens with two attached hydrogens (primary N) is 1. The molecule has 6 unspecified atom stereocenters. The lowest BCUT2D eigenvalue weighted by Gasteiger charge is -2.30. The smallest absolute Gasteiger partial charge is 0.223 e. The number of hydrogen-bond acceptors (Lipinski definition) is 7. The van der Waals surface area contributed by atoms with Gasteiger partial charge in [-0.05, 0) is 73.5 Å². The maximum atomic E-state index is 13.1. The molecule has 2 fully saturated rings. The van der Waals surface area contributed by atoms with E-state index >= 15 is 0 Å². The lowest BCUT2D eigenvalue weighted by atomic mass is 9.81. The number of aliphatic hydroxyl groups excluding tert-OH is 1. The van der Waals surface area contributed by atoms with Gasteiger partial charge in [-0.2, -0.15) is 0 Å². The Morgan fingerprint density at radius 3 is 2.52 bits per heavy atom. The molecule has 2 aliphatic rings. The summed E-state index contributed by atoms with van der Waals surface area (Å²) in [4.78, 5) is 13.1. The van der Waals surface area contributed by atoms with E-state index in [1.807, 2.05) is 26.0 Å². The van der Waals surface area contributed by atoms with E-state index in [2.05, 4.69) is 25.2 Å². The summed E-state index contributed by atoms with van der Waals surface area (Å²) < 4.78 is 22.4. The highest BCUT2D eigenvalue weighted by Gasteiger charge is 2.52. The molecule has 1 saturated heterocycles. The summed E-state index contributed by atoms with van der Waals surface area (Å²) in [5, 5.41) is 14.3. The Bertz CT molecular complexity index is 897. The summed E-state index contributed by atoms with van der Waals surface area (Å²) in [6.07, 6.45) is 4.54. The van der Waals surface area contributed by atoms with Gasteiger partial charge in [0.1, 0.15) is 0 Å². The predicted octanol–water partition coefficient (Wildman–Crippen LogP) is 4.21. The number of amides is 1. The van der Waals surface area contributed by atoms with Crippen molar-refractivity contribution in [2.24, 2.45) is 41.2 Å². The number of fused-ring (bicyclic) bond motifs is 1. The molecule has 1 amide bonds. The molecule has 1 aromatic carbocycles. The topological polar surface area (TPSA) is 112 Å². The van der Waals surface area contributed by atoms with Gasteiger partial charge in [0, 0.05) is 51.2 Å². The second-order valence-electron chi connectivity index (χ2n) is 12.5. The fraction of sp³-hybridized carbons (Fsp3) is 0.781. The van der Waals surface area contributed by atoms with Gasteiger partial charge in [-0.3, -0.25) is 4.79 Å². The molecule has 3 rings (SSSR count). The molecular formula is C32H54N2O6. The lowest BCUT2D eigenvalue weighted by molar-refractivity contribution is -0.127. The van der Waals surface area contributed by atoms with Gasteiger partial charge in [-0.1, -0.05) is 33.8 Å². The molecule has 1 saturated carbocycles. The van der Waals surface area contributed by atoms with Gasteiger partial charge >= 0.3 is 0 Å². The van der Waals surface area contributed by atoms with Crippen LogP contribution in [0.2, 0.25) is 0 Å². The molecule has 0 radical (unpaired) electrons. The van der Waals surface area contributed by atoms with Crippen LogP contribution in [0.4, 0.5) is 0 Å². The molecule has 1 heterocycles. The van der Waals surface area contributed by atoms with Crippen LogP contribution in [-0.2, 0) is 20.7 Å². The first-order chi connectivity index (χ1) is 19.2. The van der Waals surface area contributed by atoms with Gasteiger partial charge in [-0.15, -0.1) is 0 Å². The highest BCUT2D eigenvalue weighted by molar-refractivity contribution is 5.79. The highest BCUT2D eigenvalue weighted by Crippen LogP contribution is 2.47. The zero-order valence-corrected chi connectivity index (χ0v) is 25.6. The normalized spacial score (nSPS) is 23.3. The zero-order valence-electron chi connectivity index (χ0n) is 25.6. The third kappa shape index (κ3) is 9.33. The molecule has 1 aromatic rings. The minimum absolute atomic E-state index is 0.0153. The minimum Gasteiger partial charge on any atom is -0.493 e. The Morgan fingerprint density at radius 1 is 1.12 bits per heavy atom. The summed E-state index contributed by atoms with van der Waals surface area (Å²) in [7, 11) is 3.33. The van der Waals surface area contributed by atoms with Crippen molar-refractivity contribution >= 4 is 5.91 Å². The van der Waals surface area contributed by atoms with Gasteiger partial charge in [-0.25, -0.2) is 0 Å². The molecule has 8 heteroatoms. The van der Waals surface area contributed by atoms with Crippen LogP contribution >= 0.6 is 0 Å². The third-order valence-corrected chi connectivity index (χ3v) is 8.88. The minimum atomic E-state index is -0.748. The number of aliphatic hydroxyl groups is 1. The van der Waals surface area contributed by atoms with Crippen molar-refractivity contribution in [2.45, 2.75) is 84.5 Å². The number of rotatable bonds is 18. The van der Waals surface area contributed by atoms with E-state index in [0.717, 1.165) is 37.2 Å². The van der Waals surface area contributed by atoms with Crippen LogP contribution in [0, 0.1) is 35.5 Å². The predicted molar refractivity (Wildman–Crippen MR) is 158 cm³/mol. The van der Waals surface area contributed by atoms with Crippen molar-refractivity contribution in [3.8, 4) is 11.5 Å². The first kappa shape index (κ1) is 32.6. The second-order valence-corrected chi connectivity index (χ2v) is 12.5. The Kier molecular flexibility index (Phi) is 13.0. The first-order valence-electron chi connectivity index (χ1n) is 15.3. The Morgan fingerprint density at radius 2 is 1.90 bits per heavy atom. The van der Waals surface area contributed by atoms with E-state index in [4.69, 9.17) is 24.7 Å². The summed E-state index contributed by atoms with van der Waals surface area (Å²) in [6.45, 7) is 11.2. The van der Waals surface area contributed by atoms with Crippen LogP contribution in [0.25, 0.3) is 0 Å². The molecule has 228 valence electrons.